The summed E-state index contributed by atoms with van der Waals surface area (Å²) in [7, 11) is 0. The zero-order valence-electron chi connectivity index (χ0n) is 11.6. The predicted octanol–water partition coefficient (Wildman–Crippen LogP) is 3.26. The average molecular weight is 259 g/mol. The maximum absolute atomic E-state index is 12.2. The quantitative estimate of drug-likeness (QED) is 0.782. The van der Waals surface area contributed by atoms with Gasteiger partial charge < -0.3 is 5.32 Å². The normalized spacial score (nSPS) is 12.5. The Balaban J connectivity index is 2.01. The second kappa shape index (κ2) is 6.36. The lowest BCUT2D eigenvalue weighted by atomic mass is 10.1. The summed E-state index contributed by atoms with van der Waals surface area (Å²) >= 11 is 0. The highest BCUT2D eigenvalue weighted by Crippen LogP contribution is 2.15. The number of H-pyrrole nitrogens is 1. The number of carbonyl (C=O) groups excluding carboxylic acids is 1. The van der Waals surface area contributed by atoms with Crippen LogP contribution >= 0.6 is 0 Å². The third-order valence-corrected chi connectivity index (χ3v) is 3.34. The standard InChI is InChI=1S/C15H21N3O/c1-3-4-5-7-11(2)17-15(19)13-9-6-8-12-10-16-18-14(12)13/h6,8-11H,3-5,7H2,1-2H3,(H,16,18)(H,17,19)/t11-/m0/s1. The van der Waals surface area contributed by atoms with Crippen molar-refractivity contribution in [2.75, 3.05) is 0 Å². The monoisotopic (exact) mass is 259 g/mol. The molecule has 0 fully saturated rings. The van der Waals surface area contributed by atoms with E-state index in [0.29, 0.717) is 5.56 Å². The molecule has 2 aromatic rings. The lowest BCUT2D eigenvalue weighted by molar-refractivity contribution is 0.0939. The van der Waals surface area contributed by atoms with Crippen LogP contribution in [0.25, 0.3) is 10.9 Å². The van der Waals surface area contributed by atoms with Gasteiger partial charge in [-0.2, -0.15) is 5.10 Å². The molecule has 0 aliphatic rings. The molecule has 0 aliphatic heterocycles. The van der Waals surface area contributed by atoms with E-state index in [2.05, 4.69) is 29.4 Å². The van der Waals surface area contributed by atoms with E-state index in [9.17, 15) is 4.79 Å². The van der Waals surface area contributed by atoms with Crippen molar-refractivity contribution in [3.63, 3.8) is 0 Å². The fraction of sp³-hybridized carbons (Fsp3) is 0.467. The summed E-state index contributed by atoms with van der Waals surface area (Å²) in [5.41, 5.74) is 1.47. The maximum atomic E-state index is 12.2. The van der Waals surface area contributed by atoms with Gasteiger partial charge in [0.25, 0.3) is 5.91 Å². The number of nitrogens with zero attached hydrogens (tertiary/aromatic N) is 1. The first kappa shape index (κ1) is 13.6. The van der Waals surface area contributed by atoms with Gasteiger partial charge in [-0.25, -0.2) is 0 Å². The smallest absolute Gasteiger partial charge is 0.253 e. The Hall–Kier alpha value is -1.84. The molecule has 1 amide bonds. The number of benzene rings is 1. The lowest BCUT2D eigenvalue weighted by Crippen LogP contribution is -2.32. The summed E-state index contributed by atoms with van der Waals surface area (Å²) in [6.07, 6.45) is 6.34. The first-order valence-electron chi connectivity index (χ1n) is 6.95. The van der Waals surface area contributed by atoms with Crippen molar-refractivity contribution in [1.29, 1.82) is 0 Å². The van der Waals surface area contributed by atoms with Gasteiger partial charge in [0.05, 0.1) is 17.3 Å². The number of carbonyl (C=O) groups is 1. The number of unbranched alkanes of at least 4 members (excludes halogenated alkanes) is 2. The van der Waals surface area contributed by atoms with Gasteiger partial charge >= 0.3 is 0 Å². The Labute approximate surface area is 113 Å². The van der Waals surface area contributed by atoms with E-state index in [1.165, 1.54) is 12.8 Å². The van der Waals surface area contributed by atoms with E-state index in [1.807, 2.05) is 18.2 Å². The lowest BCUT2D eigenvalue weighted by Gasteiger charge is -2.13. The van der Waals surface area contributed by atoms with Crippen LogP contribution in [-0.4, -0.2) is 22.1 Å². The molecular formula is C15H21N3O. The number of nitrogens with one attached hydrogen (secondary N) is 2. The number of hydrogen-bond acceptors (Lipinski definition) is 2. The van der Waals surface area contributed by atoms with Crippen LogP contribution in [-0.2, 0) is 0 Å². The van der Waals surface area contributed by atoms with Crippen molar-refractivity contribution in [3.8, 4) is 0 Å². The molecule has 0 unspecified atom stereocenters. The van der Waals surface area contributed by atoms with Crippen LogP contribution in [0.2, 0.25) is 0 Å². The van der Waals surface area contributed by atoms with Gasteiger partial charge in [0.2, 0.25) is 0 Å². The van der Waals surface area contributed by atoms with Crippen molar-refractivity contribution in [2.45, 2.75) is 45.6 Å². The van der Waals surface area contributed by atoms with Crippen LogP contribution < -0.4 is 5.32 Å². The molecule has 2 N–H and O–H groups in total. The highest BCUT2D eigenvalue weighted by Gasteiger charge is 2.13. The topological polar surface area (TPSA) is 57.8 Å². The Morgan fingerprint density at radius 3 is 3.05 bits per heavy atom. The zero-order chi connectivity index (χ0) is 13.7. The molecule has 19 heavy (non-hydrogen) atoms. The molecule has 0 bridgehead atoms. The summed E-state index contributed by atoms with van der Waals surface area (Å²) in [5.74, 6) is -0.0288. The number of rotatable bonds is 6. The number of aromatic amines is 1. The summed E-state index contributed by atoms with van der Waals surface area (Å²) < 4.78 is 0. The number of fused-ring (bicyclic) bond motifs is 1. The minimum atomic E-state index is -0.0288. The van der Waals surface area contributed by atoms with E-state index < -0.39 is 0 Å². The van der Waals surface area contributed by atoms with Crippen LogP contribution in [0.5, 0.6) is 0 Å². The molecule has 1 heterocycles. The van der Waals surface area contributed by atoms with Crippen molar-refractivity contribution < 1.29 is 4.79 Å². The van der Waals surface area contributed by atoms with E-state index >= 15 is 0 Å². The van der Waals surface area contributed by atoms with Crippen molar-refractivity contribution in [3.05, 3.63) is 30.0 Å². The Kier molecular flexibility index (Phi) is 4.55. The summed E-state index contributed by atoms with van der Waals surface area (Å²) in [5, 5.41) is 10.9. The van der Waals surface area contributed by atoms with Gasteiger partial charge in [0, 0.05) is 11.4 Å². The van der Waals surface area contributed by atoms with Crippen molar-refractivity contribution in [1.82, 2.24) is 15.5 Å². The molecule has 2 rings (SSSR count). The highest BCUT2D eigenvalue weighted by atomic mass is 16.1. The minimum absolute atomic E-state index is 0.0288. The number of hydrogen-bond donors (Lipinski definition) is 2. The van der Waals surface area contributed by atoms with Crippen LogP contribution in [0, 0.1) is 0 Å². The van der Waals surface area contributed by atoms with Crippen LogP contribution in [0.1, 0.15) is 49.9 Å². The molecule has 4 heteroatoms. The predicted molar refractivity (Wildman–Crippen MR) is 77.2 cm³/mol. The largest absolute Gasteiger partial charge is 0.350 e. The molecule has 1 aromatic carbocycles. The van der Waals surface area contributed by atoms with Crippen molar-refractivity contribution >= 4 is 16.8 Å². The fourth-order valence-corrected chi connectivity index (χ4v) is 2.23. The maximum Gasteiger partial charge on any atom is 0.253 e. The number of para-hydroxylation sites is 1. The molecule has 102 valence electrons. The molecule has 0 saturated carbocycles. The second-order valence-electron chi connectivity index (χ2n) is 5.01. The third-order valence-electron chi connectivity index (χ3n) is 3.34. The molecule has 0 aliphatic carbocycles. The van der Waals surface area contributed by atoms with Gasteiger partial charge in [-0.3, -0.25) is 9.89 Å². The Morgan fingerprint density at radius 1 is 1.42 bits per heavy atom. The summed E-state index contributed by atoms with van der Waals surface area (Å²) in [6.45, 7) is 4.24. The van der Waals surface area contributed by atoms with Gasteiger partial charge in [-0.15, -0.1) is 0 Å². The molecule has 0 radical (unpaired) electrons. The Bertz CT molecular complexity index is 547. The number of amides is 1. The van der Waals surface area contributed by atoms with Crippen LogP contribution in [0.15, 0.2) is 24.4 Å². The first-order valence-corrected chi connectivity index (χ1v) is 6.95. The first-order chi connectivity index (χ1) is 9.22. The van der Waals surface area contributed by atoms with Crippen LogP contribution in [0.4, 0.5) is 0 Å². The second-order valence-corrected chi connectivity index (χ2v) is 5.01. The fourth-order valence-electron chi connectivity index (χ4n) is 2.23. The summed E-state index contributed by atoms with van der Waals surface area (Å²) in [6, 6.07) is 5.86. The molecular weight excluding hydrogens is 238 g/mol. The van der Waals surface area contributed by atoms with E-state index in [4.69, 9.17) is 0 Å². The van der Waals surface area contributed by atoms with Gasteiger partial charge in [0.1, 0.15) is 0 Å². The van der Waals surface area contributed by atoms with Gasteiger partial charge in [0.15, 0.2) is 0 Å². The van der Waals surface area contributed by atoms with E-state index in [0.717, 1.165) is 23.7 Å². The Morgan fingerprint density at radius 2 is 2.26 bits per heavy atom. The molecule has 0 saturated heterocycles. The van der Waals surface area contributed by atoms with Gasteiger partial charge in [-0.1, -0.05) is 38.3 Å². The zero-order valence-corrected chi connectivity index (χ0v) is 11.6. The van der Waals surface area contributed by atoms with E-state index in [-0.39, 0.29) is 11.9 Å². The highest BCUT2D eigenvalue weighted by molar-refractivity contribution is 6.05. The third kappa shape index (κ3) is 3.34. The molecule has 1 aromatic heterocycles. The molecule has 0 spiro atoms. The molecule has 4 nitrogen and oxygen atoms in total. The van der Waals surface area contributed by atoms with Gasteiger partial charge in [-0.05, 0) is 19.4 Å². The van der Waals surface area contributed by atoms with Crippen LogP contribution in [0.3, 0.4) is 0 Å². The average Bonchev–Trinajstić information content (AvgIpc) is 2.86. The number of aromatic nitrogens is 2. The molecule has 1 atom stereocenters. The minimum Gasteiger partial charge on any atom is -0.350 e. The van der Waals surface area contributed by atoms with Crippen molar-refractivity contribution in [2.24, 2.45) is 0 Å². The SMILES string of the molecule is CCCCC[C@H](C)NC(=O)c1cccc2cn[nH]c12. The summed E-state index contributed by atoms with van der Waals surface area (Å²) in [4.78, 5) is 12.2. The van der Waals surface area contributed by atoms with E-state index in [1.54, 1.807) is 6.20 Å².